The summed E-state index contributed by atoms with van der Waals surface area (Å²) in [7, 11) is 3.76. The fourth-order valence-corrected chi connectivity index (χ4v) is 0.834. The molecule has 0 amide bonds. The highest BCUT2D eigenvalue weighted by molar-refractivity contribution is 5.95. The van der Waals surface area contributed by atoms with Gasteiger partial charge in [-0.05, 0) is 19.1 Å². The molecule has 60 valence electrons. The van der Waals surface area contributed by atoms with E-state index in [1.165, 1.54) is 0 Å². The lowest BCUT2D eigenvalue weighted by molar-refractivity contribution is 0.434. The molecule has 0 aliphatic rings. The van der Waals surface area contributed by atoms with Crippen LogP contribution in [0, 0.1) is 0 Å². The molecule has 0 unspecified atom stereocenters. The SMILES string of the molecule is C/C(=N\N(C)C)c1ccco1. The average Bonchev–Trinajstić information content (AvgIpc) is 2.35. The predicted octanol–water partition coefficient (Wildman–Crippen LogP) is 1.57. The smallest absolute Gasteiger partial charge is 0.149 e. The molecule has 0 spiro atoms. The number of furan rings is 1. The highest BCUT2D eigenvalue weighted by Gasteiger charge is 1.98. The largest absolute Gasteiger partial charge is 0.463 e. The summed E-state index contributed by atoms with van der Waals surface area (Å²) in [6.45, 7) is 1.92. The first-order chi connectivity index (χ1) is 5.20. The normalized spacial score (nSPS) is 11.7. The highest BCUT2D eigenvalue weighted by Crippen LogP contribution is 2.01. The third-order valence-electron chi connectivity index (χ3n) is 1.23. The van der Waals surface area contributed by atoms with Gasteiger partial charge >= 0.3 is 0 Å². The van der Waals surface area contributed by atoms with Crippen LogP contribution in [-0.2, 0) is 0 Å². The molecule has 0 N–H and O–H groups in total. The molecule has 0 aliphatic heterocycles. The number of hydrogen-bond donors (Lipinski definition) is 0. The molecule has 0 aromatic carbocycles. The Morgan fingerprint density at radius 3 is 2.73 bits per heavy atom. The summed E-state index contributed by atoms with van der Waals surface area (Å²) >= 11 is 0. The van der Waals surface area contributed by atoms with Gasteiger partial charge in [0.15, 0.2) is 0 Å². The van der Waals surface area contributed by atoms with Gasteiger partial charge in [0, 0.05) is 14.1 Å². The van der Waals surface area contributed by atoms with Gasteiger partial charge in [0.2, 0.25) is 0 Å². The maximum atomic E-state index is 5.14. The third-order valence-corrected chi connectivity index (χ3v) is 1.23. The van der Waals surface area contributed by atoms with Crippen LogP contribution in [-0.4, -0.2) is 24.8 Å². The fourth-order valence-electron chi connectivity index (χ4n) is 0.834. The van der Waals surface area contributed by atoms with Crippen LogP contribution in [0.3, 0.4) is 0 Å². The summed E-state index contributed by atoms with van der Waals surface area (Å²) in [6, 6.07) is 3.74. The van der Waals surface area contributed by atoms with E-state index in [0.29, 0.717) is 0 Å². The van der Waals surface area contributed by atoms with E-state index in [4.69, 9.17) is 4.42 Å². The lowest BCUT2D eigenvalue weighted by Crippen LogP contribution is -2.06. The van der Waals surface area contributed by atoms with Crippen LogP contribution in [0.5, 0.6) is 0 Å². The van der Waals surface area contributed by atoms with Crippen molar-refractivity contribution in [3.05, 3.63) is 24.2 Å². The van der Waals surface area contributed by atoms with Gasteiger partial charge in [-0.25, -0.2) is 0 Å². The minimum Gasteiger partial charge on any atom is -0.463 e. The van der Waals surface area contributed by atoms with Crippen molar-refractivity contribution in [3.8, 4) is 0 Å². The van der Waals surface area contributed by atoms with Gasteiger partial charge in [-0.2, -0.15) is 5.10 Å². The summed E-state index contributed by atoms with van der Waals surface area (Å²) in [4.78, 5) is 0. The lowest BCUT2D eigenvalue weighted by atomic mass is 10.3. The van der Waals surface area contributed by atoms with Crippen LogP contribution in [0.2, 0.25) is 0 Å². The second kappa shape index (κ2) is 3.23. The Morgan fingerprint density at radius 2 is 2.27 bits per heavy atom. The van der Waals surface area contributed by atoms with Gasteiger partial charge < -0.3 is 9.43 Å². The molecule has 0 aliphatic carbocycles. The molecule has 0 atom stereocenters. The molecule has 11 heavy (non-hydrogen) atoms. The van der Waals surface area contributed by atoms with Crippen molar-refractivity contribution >= 4 is 5.71 Å². The van der Waals surface area contributed by atoms with E-state index in [9.17, 15) is 0 Å². The minimum absolute atomic E-state index is 0.818. The van der Waals surface area contributed by atoms with Crippen molar-refractivity contribution < 1.29 is 4.42 Å². The molecule has 0 saturated heterocycles. The van der Waals surface area contributed by atoms with Gasteiger partial charge in [0.25, 0.3) is 0 Å². The zero-order chi connectivity index (χ0) is 8.27. The molecule has 3 nitrogen and oxygen atoms in total. The van der Waals surface area contributed by atoms with Crippen molar-refractivity contribution in [1.29, 1.82) is 0 Å². The maximum absolute atomic E-state index is 5.14. The van der Waals surface area contributed by atoms with E-state index < -0.39 is 0 Å². The van der Waals surface area contributed by atoms with Crippen LogP contribution in [0.25, 0.3) is 0 Å². The molecule has 0 bridgehead atoms. The monoisotopic (exact) mass is 152 g/mol. The quantitative estimate of drug-likeness (QED) is 0.475. The van der Waals surface area contributed by atoms with Gasteiger partial charge in [-0.15, -0.1) is 0 Å². The zero-order valence-corrected chi connectivity index (χ0v) is 7.03. The second-order valence-electron chi connectivity index (χ2n) is 2.51. The first-order valence-electron chi connectivity index (χ1n) is 3.46. The molecule has 3 heteroatoms. The Labute approximate surface area is 66.3 Å². The van der Waals surface area contributed by atoms with Crippen LogP contribution < -0.4 is 0 Å². The van der Waals surface area contributed by atoms with Gasteiger partial charge in [0.05, 0.1) is 12.0 Å². The summed E-state index contributed by atoms with van der Waals surface area (Å²) in [5.74, 6) is 0.818. The van der Waals surface area contributed by atoms with E-state index in [-0.39, 0.29) is 0 Å². The summed E-state index contributed by atoms with van der Waals surface area (Å²) in [5, 5.41) is 5.92. The Morgan fingerprint density at radius 1 is 1.55 bits per heavy atom. The Bertz CT molecular complexity index is 237. The van der Waals surface area contributed by atoms with Crippen LogP contribution in [0.15, 0.2) is 27.9 Å². The minimum atomic E-state index is 0.818. The lowest BCUT2D eigenvalue weighted by Gasteiger charge is -2.04. The third kappa shape index (κ3) is 2.11. The number of rotatable bonds is 2. The van der Waals surface area contributed by atoms with Crippen molar-refractivity contribution in [2.45, 2.75) is 6.92 Å². The van der Waals surface area contributed by atoms with E-state index >= 15 is 0 Å². The van der Waals surface area contributed by atoms with E-state index in [0.717, 1.165) is 11.5 Å². The standard InChI is InChI=1S/C8H12N2O/c1-7(9-10(2)3)8-5-4-6-11-8/h4-6H,1-3H3/b9-7+. The van der Waals surface area contributed by atoms with E-state index in [1.54, 1.807) is 11.3 Å². The molecule has 1 aromatic heterocycles. The van der Waals surface area contributed by atoms with E-state index in [1.807, 2.05) is 33.2 Å². The fraction of sp³-hybridized carbons (Fsp3) is 0.375. The Hall–Kier alpha value is -1.25. The molecule has 0 saturated carbocycles. The maximum Gasteiger partial charge on any atom is 0.149 e. The number of hydrazone groups is 1. The Kier molecular flexibility index (Phi) is 2.31. The predicted molar refractivity (Wildman–Crippen MR) is 44.6 cm³/mol. The Balaban J connectivity index is 2.77. The van der Waals surface area contributed by atoms with Gasteiger partial charge in [-0.3, -0.25) is 0 Å². The summed E-state index contributed by atoms with van der Waals surface area (Å²) < 4.78 is 5.14. The number of nitrogens with zero attached hydrogens (tertiary/aromatic N) is 2. The molecule has 1 rings (SSSR count). The topological polar surface area (TPSA) is 28.7 Å². The molecular formula is C8H12N2O. The van der Waals surface area contributed by atoms with Crippen molar-refractivity contribution in [3.63, 3.8) is 0 Å². The summed E-state index contributed by atoms with van der Waals surface area (Å²) in [5.41, 5.74) is 0.889. The van der Waals surface area contributed by atoms with Gasteiger partial charge in [-0.1, -0.05) is 0 Å². The highest BCUT2D eigenvalue weighted by atomic mass is 16.3. The van der Waals surface area contributed by atoms with Crippen LogP contribution in [0.4, 0.5) is 0 Å². The second-order valence-corrected chi connectivity index (χ2v) is 2.51. The first-order valence-corrected chi connectivity index (χ1v) is 3.46. The zero-order valence-electron chi connectivity index (χ0n) is 7.03. The molecular weight excluding hydrogens is 140 g/mol. The van der Waals surface area contributed by atoms with Crippen molar-refractivity contribution in [2.75, 3.05) is 14.1 Å². The first kappa shape index (κ1) is 7.85. The van der Waals surface area contributed by atoms with Crippen molar-refractivity contribution in [1.82, 2.24) is 5.01 Å². The average molecular weight is 152 g/mol. The van der Waals surface area contributed by atoms with Gasteiger partial charge in [0.1, 0.15) is 5.76 Å². The summed E-state index contributed by atoms with van der Waals surface area (Å²) in [6.07, 6.45) is 1.64. The molecule has 1 heterocycles. The van der Waals surface area contributed by atoms with Crippen LogP contribution >= 0.6 is 0 Å². The molecule has 1 aromatic rings. The molecule has 0 radical (unpaired) electrons. The molecule has 0 fully saturated rings. The number of hydrogen-bond acceptors (Lipinski definition) is 3. The van der Waals surface area contributed by atoms with Crippen molar-refractivity contribution in [2.24, 2.45) is 5.10 Å². The van der Waals surface area contributed by atoms with E-state index in [2.05, 4.69) is 5.10 Å². The van der Waals surface area contributed by atoms with Crippen LogP contribution in [0.1, 0.15) is 12.7 Å².